The SMILES string of the molecule is CC1=CCC2(C(=O)c3ccccc3)CC=C(C)CC2C1. The molecule has 0 saturated heterocycles. The topological polar surface area (TPSA) is 17.1 Å². The van der Waals surface area contributed by atoms with Crippen molar-refractivity contribution in [1.29, 1.82) is 0 Å². The molecule has 0 fully saturated rings. The third-order valence-corrected chi connectivity index (χ3v) is 5.04. The quantitative estimate of drug-likeness (QED) is 0.546. The van der Waals surface area contributed by atoms with Gasteiger partial charge in [0.25, 0.3) is 0 Å². The van der Waals surface area contributed by atoms with Gasteiger partial charge in [-0.05, 0) is 45.4 Å². The van der Waals surface area contributed by atoms with Crippen LogP contribution in [0.4, 0.5) is 0 Å². The Hall–Kier alpha value is -1.63. The van der Waals surface area contributed by atoms with Gasteiger partial charge in [-0.2, -0.15) is 0 Å². The van der Waals surface area contributed by atoms with E-state index in [1.807, 2.05) is 30.3 Å². The molecular weight excluding hydrogens is 244 g/mol. The van der Waals surface area contributed by atoms with Gasteiger partial charge >= 0.3 is 0 Å². The molecular formula is C19H22O. The molecule has 1 heteroatoms. The standard InChI is InChI=1S/C19H22O/c1-14-8-10-19(11-9-15(2)13-17(19)12-14)18(20)16-6-4-3-5-7-16/h3-9,17H,10-13H2,1-2H3. The molecule has 0 aliphatic heterocycles. The van der Waals surface area contributed by atoms with Gasteiger partial charge in [-0.3, -0.25) is 4.79 Å². The summed E-state index contributed by atoms with van der Waals surface area (Å²) in [5.74, 6) is 0.820. The summed E-state index contributed by atoms with van der Waals surface area (Å²) in [6.45, 7) is 4.40. The lowest BCUT2D eigenvalue weighted by Crippen LogP contribution is -2.42. The van der Waals surface area contributed by atoms with Gasteiger partial charge in [0.2, 0.25) is 0 Å². The van der Waals surface area contributed by atoms with E-state index in [4.69, 9.17) is 0 Å². The van der Waals surface area contributed by atoms with Gasteiger partial charge in [0.05, 0.1) is 0 Å². The normalized spacial score (nSPS) is 29.2. The number of hydrogen-bond acceptors (Lipinski definition) is 1. The van der Waals surface area contributed by atoms with Gasteiger partial charge in [0.15, 0.2) is 5.78 Å². The van der Waals surface area contributed by atoms with Gasteiger partial charge in [0, 0.05) is 11.0 Å². The van der Waals surface area contributed by atoms with Crippen LogP contribution in [-0.2, 0) is 0 Å². The van der Waals surface area contributed by atoms with Crippen molar-refractivity contribution < 1.29 is 4.79 Å². The first-order chi connectivity index (χ1) is 9.62. The first-order valence-corrected chi connectivity index (χ1v) is 7.53. The Labute approximate surface area is 121 Å². The van der Waals surface area contributed by atoms with E-state index in [0.717, 1.165) is 31.2 Å². The Kier molecular flexibility index (Phi) is 3.37. The highest BCUT2D eigenvalue weighted by Gasteiger charge is 2.47. The van der Waals surface area contributed by atoms with Gasteiger partial charge < -0.3 is 0 Å². The zero-order chi connectivity index (χ0) is 14.2. The molecule has 2 aliphatic rings. The Morgan fingerprint density at radius 2 is 1.55 bits per heavy atom. The molecule has 0 aromatic heterocycles. The number of carbonyl (C=O) groups excluding carboxylic acids is 1. The highest BCUT2D eigenvalue weighted by atomic mass is 16.1. The monoisotopic (exact) mass is 266 g/mol. The molecule has 3 rings (SSSR count). The maximum absolute atomic E-state index is 13.1. The van der Waals surface area contributed by atoms with Crippen LogP contribution in [0, 0.1) is 11.3 Å². The van der Waals surface area contributed by atoms with Crippen LogP contribution in [0.15, 0.2) is 53.6 Å². The van der Waals surface area contributed by atoms with Crippen molar-refractivity contribution in [2.45, 2.75) is 39.5 Å². The fourth-order valence-corrected chi connectivity index (χ4v) is 3.78. The summed E-state index contributed by atoms with van der Waals surface area (Å²) >= 11 is 0. The van der Waals surface area contributed by atoms with Gasteiger partial charge in [-0.1, -0.05) is 53.6 Å². The van der Waals surface area contributed by atoms with Crippen molar-refractivity contribution in [3.8, 4) is 0 Å². The second-order valence-electron chi connectivity index (χ2n) is 6.47. The molecule has 2 aliphatic carbocycles. The molecule has 0 unspecified atom stereocenters. The first kappa shape index (κ1) is 13.4. The van der Waals surface area contributed by atoms with Gasteiger partial charge in [0.1, 0.15) is 0 Å². The number of allylic oxidation sites excluding steroid dienone is 4. The minimum absolute atomic E-state index is 0.194. The van der Waals surface area contributed by atoms with E-state index in [1.165, 1.54) is 11.1 Å². The number of Topliss-reactive ketones (excluding diaryl/α,β-unsaturated/α-hetero) is 1. The summed E-state index contributed by atoms with van der Waals surface area (Å²) < 4.78 is 0. The van der Waals surface area contributed by atoms with E-state index < -0.39 is 0 Å². The van der Waals surface area contributed by atoms with Crippen LogP contribution in [0.2, 0.25) is 0 Å². The van der Waals surface area contributed by atoms with E-state index in [2.05, 4.69) is 26.0 Å². The smallest absolute Gasteiger partial charge is 0.169 e. The van der Waals surface area contributed by atoms with Crippen LogP contribution in [0.25, 0.3) is 0 Å². The molecule has 0 bridgehead atoms. The second-order valence-corrected chi connectivity index (χ2v) is 6.47. The lowest BCUT2D eigenvalue weighted by atomic mass is 9.58. The zero-order valence-corrected chi connectivity index (χ0v) is 12.4. The predicted octanol–water partition coefficient (Wildman–Crippen LogP) is 4.95. The van der Waals surface area contributed by atoms with E-state index in [-0.39, 0.29) is 5.41 Å². The van der Waals surface area contributed by atoms with Crippen LogP contribution in [0.3, 0.4) is 0 Å². The molecule has 0 saturated carbocycles. The number of rotatable bonds is 2. The Morgan fingerprint density at radius 1 is 1.00 bits per heavy atom. The van der Waals surface area contributed by atoms with E-state index >= 15 is 0 Å². The predicted molar refractivity (Wildman–Crippen MR) is 82.7 cm³/mol. The van der Waals surface area contributed by atoms with Crippen LogP contribution >= 0.6 is 0 Å². The van der Waals surface area contributed by atoms with Gasteiger partial charge in [-0.25, -0.2) is 0 Å². The van der Waals surface area contributed by atoms with Crippen LogP contribution in [0.5, 0.6) is 0 Å². The van der Waals surface area contributed by atoms with Crippen LogP contribution in [-0.4, -0.2) is 5.78 Å². The molecule has 0 heterocycles. The van der Waals surface area contributed by atoms with Crippen molar-refractivity contribution in [2.24, 2.45) is 11.3 Å². The van der Waals surface area contributed by atoms with Crippen LogP contribution < -0.4 is 0 Å². The summed E-state index contributed by atoms with van der Waals surface area (Å²) in [6, 6.07) is 9.83. The second kappa shape index (κ2) is 5.05. The Morgan fingerprint density at radius 3 is 2.10 bits per heavy atom. The average molecular weight is 266 g/mol. The molecule has 0 N–H and O–H groups in total. The lowest BCUT2D eigenvalue weighted by Gasteiger charge is -2.44. The minimum Gasteiger partial charge on any atom is -0.294 e. The summed E-state index contributed by atoms with van der Waals surface area (Å²) in [5, 5.41) is 0. The number of carbonyl (C=O) groups is 1. The van der Waals surface area contributed by atoms with Gasteiger partial charge in [-0.15, -0.1) is 0 Å². The maximum Gasteiger partial charge on any atom is 0.169 e. The summed E-state index contributed by atoms with van der Waals surface area (Å²) in [5.41, 5.74) is 3.57. The third kappa shape index (κ3) is 2.15. The molecule has 1 aromatic rings. The number of fused-ring (bicyclic) bond motifs is 1. The summed E-state index contributed by atoms with van der Waals surface area (Å²) in [4.78, 5) is 13.1. The highest BCUT2D eigenvalue weighted by molar-refractivity contribution is 6.01. The summed E-state index contributed by atoms with van der Waals surface area (Å²) in [6.07, 6.45) is 8.52. The zero-order valence-electron chi connectivity index (χ0n) is 12.4. The summed E-state index contributed by atoms with van der Waals surface area (Å²) in [7, 11) is 0. The largest absolute Gasteiger partial charge is 0.294 e. The van der Waals surface area contributed by atoms with Crippen molar-refractivity contribution in [3.05, 3.63) is 59.2 Å². The fraction of sp³-hybridized carbons (Fsp3) is 0.421. The lowest BCUT2D eigenvalue weighted by molar-refractivity contribution is 0.0630. The Balaban J connectivity index is 2.01. The van der Waals surface area contributed by atoms with Crippen molar-refractivity contribution >= 4 is 5.78 Å². The molecule has 0 spiro atoms. The highest BCUT2D eigenvalue weighted by Crippen LogP contribution is 2.51. The molecule has 20 heavy (non-hydrogen) atoms. The fourth-order valence-electron chi connectivity index (χ4n) is 3.78. The van der Waals surface area contributed by atoms with E-state index in [0.29, 0.717) is 11.7 Å². The van der Waals surface area contributed by atoms with Crippen molar-refractivity contribution in [2.75, 3.05) is 0 Å². The molecule has 1 aromatic carbocycles. The molecule has 0 amide bonds. The van der Waals surface area contributed by atoms with Crippen molar-refractivity contribution in [1.82, 2.24) is 0 Å². The van der Waals surface area contributed by atoms with Crippen LogP contribution in [0.1, 0.15) is 49.9 Å². The van der Waals surface area contributed by atoms with Crippen molar-refractivity contribution in [3.63, 3.8) is 0 Å². The maximum atomic E-state index is 13.1. The molecule has 1 nitrogen and oxygen atoms in total. The average Bonchev–Trinajstić information content (AvgIpc) is 2.47. The molecule has 104 valence electrons. The number of benzene rings is 1. The number of hydrogen-bond donors (Lipinski definition) is 0. The third-order valence-electron chi connectivity index (χ3n) is 5.04. The van der Waals surface area contributed by atoms with E-state index in [9.17, 15) is 4.79 Å². The minimum atomic E-state index is -0.194. The Bertz CT molecular complexity index is 553. The first-order valence-electron chi connectivity index (χ1n) is 7.53. The molecule has 0 atom stereocenters. The number of ketones is 1. The molecule has 0 radical (unpaired) electrons. The van der Waals surface area contributed by atoms with E-state index in [1.54, 1.807) is 0 Å².